The summed E-state index contributed by atoms with van der Waals surface area (Å²) in [6.45, 7) is 0.212. The van der Waals surface area contributed by atoms with Crippen LogP contribution in [0.3, 0.4) is 0 Å². The number of benzene rings is 2. The fourth-order valence-electron chi connectivity index (χ4n) is 3.47. The Kier molecular flexibility index (Phi) is 5.12. The van der Waals surface area contributed by atoms with Crippen molar-refractivity contribution < 1.29 is 23.5 Å². The average Bonchev–Trinajstić information content (AvgIpc) is 3.15. The summed E-state index contributed by atoms with van der Waals surface area (Å²) < 4.78 is 24.5. The van der Waals surface area contributed by atoms with E-state index in [-0.39, 0.29) is 31.3 Å². The Labute approximate surface area is 166 Å². The molecule has 4 rings (SSSR count). The monoisotopic (exact) mass is 394 g/mol. The highest BCUT2D eigenvalue weighted by Gasteiger charge is 2.36. The van der Waals surface area contributed by atoms with Crippen LogP contribution in [-0.4, -0.2) is 30.5 Å². The number of ether oxygens (including phenoxy) is 2. The minimum absolute atomic E-state index is 0.0313. The molecule has 1 atom stereocenters. The van der Waals surface area contributed by atoms with Crippen LogP contribution < -0.4 is 9.64 Å². The number of esters is 1. The lowest BCUT2D eigenvalue weighted by Crippen LogP contribution is -2.26. The van der Waals surface area contributed by atoms with Crippen LogP contribution >= 0.6 is 0 Å². The predicted molar refractivity (Wildman–Crippen MR) is 105 cm³/mol. The molecule has 0 saturated carbocycles. The van der Waals surface area contributed by atoms with Crippen molar-refractivity contribution in [1.82, 2.24) is 4.98 Å². The molecule has 1 aliphatic heterocycles. The Morgan fingerprint density at radius 3 is 2.93 bits per heavy atom. The summed E-state index contributed by atoms with van der Waals surface area (Å²) in [7, 11) is 1.55. The van der Waals surface area contributed by atoms with Gasteiger partial charge >= 0.3 is 5.97 Å². The first kappa shape index (κ1) is 18.9. The van der Waals surface area contributed by atoms with Gasteiger partial charge in [-0.2, -0.15) is 0 Å². The van der Waals surface area contributed by atoms with E-state index in [0.717, 1.165) is 0 Å². The first-order valence-corrected chi connectivity index (χ1v) is 9.20. The maximum Gasteiger partial charge on any atom is 0.311 e. The van der Waals surface area contributed by atoms with Gasteiger partial charge in [0.25, 0.3) is 0 Å². The number of carbonyl (C=O) groups excluding carboxylic acids is 2. The van der Waals surface area contributed by atoms with Crippen molar-refractivity contribution in [3.63, 3.8) is 0 Å². The van der Waals surface area contributed by atoms with Crippen LogP contribution in [0.1, 0.15) is 12.0 Å². The second-order valence-electron chi connectivity index (χ2n) is 6.82. The van der Waals surface area contributed by atoms with Crippen LogP contribution in [0.5, 0.6) is 5.75 Å². The number of pyridine rings is 1. The van der Waals surface area contributed by atoms with Crippen LogP contribution in [0.25, 0.3) is 10.9 Å². The fraction of sp³-hybridized carbons (Fsp3) is 0.227. The number of methoxy groups -OCH3 is 1. The average molecular weight is 394 g/mol. The minimum atomic E-state index is -0.562. The number of carbonyl (C=O) groups is 2. The van der Waals surface area contributed by atoms with Crippen molar-refractivity contribution >= 4 is 28.5 Å². The van der Waals surface area contributed by atoms with E-state index in [1.165, 1.54) is 6.07 Å². The van der Waals surface area contributed by atoms with Crippen molar-refractivity contribution in [1.29, 1.82) is 0 Å². The number of aromatic nitrogens is 1. The van der Waals surface area contributed by atoms with E-state index in [0.29, 0.717) is 27.9 Å². The third-order valence-electron chi connectivity index (χ3n) is 4.99. The van der Waals surface area contributed by atoms with Crippen LogP contribution in [0.2, 0.25) is 0 Å². The topological polar surface area (TPSA) is 68.7 Å². The first-order valence-electron chi connectivity index (χ1n) is 9.20. The number of anilines is 1. The fourth-order valence-corrected chi connectivity index (χ4v) is 3.47. The van der Waals surface area contributed by atoms with Gasteiger partial charge in [0.2, 0.25) is 5.91 Å². The van der Waals surface area contributed by atoms with Crippen LogP contribution in [0.4, 0.5) is 10.1 Å². The second-order valence-corrected chi connectivity index (χ2v) is 6.82. The van der Waals surface area contributed by atoms with Crippen LogP contribution in [-0.2, 0) is 20.9 Å². The molecule has 1 fully saturated rings. The molecule has 3 aromatic rings. The quantitative estimate of drug-likeness (QED) is 0.620. The third kappa shape index (κ3) is 3.76. The number of amides is 1. The summed E-state index contributed by atoms with van der Waals surface area (Å²) in [6.07, 6.45) is 1.65. The summed E-state index contributed by atoms with van der Waals surface area (Å²) in [5.74, 6) is -0.907. The van der Waals surface area contributed by atoms with Gasteiger partial charge in [0.15, 0.2) is 0 Å². The predicted octanol–water partition coefficient (Wildman–Crippen LogP) is 3.48. The third-order valence-corrected chi connectivity index (χ3v) is 4.99. The molecular formula is C22H19FN2O4. The highest BCUT2D eigenvalue weighted by atomic mass is 19.1. The molecule has 0 bridgehead atoms. The molecule has 1 saturated heterocycles. The summed E-state index contributed by atoms with van der Waals surface area (Å²) in [5, 5.41) is 0.376. The van der Waals surface area contributed by atoms with Gasteiger partial charge in [-0.15, -0.1) is 0 Å². The molecule has 29 heavy (non-hydrogen) atoms. The Morgan fingerprint density at radius 1 is 1.24 bits per heavy atom. The zero-order valence-corrected chi connectivity index (χ0v) is 15.8. The van der Waals surface area contributed by atoms with E-state index in [1.54, 1.807) is 60.7 Å². The highest BCUT2D eigenvalue weighted by Crippen LogP contribution is 2.29. The van der Waals surface area contributed by atoms with Crippen LogP contribution in [0.15, 0.2) is 54.7 Å². The zero-order chi connectivity index (χ0) is 20.4. The lowest BCUT2D eigenvalue weighted by molar-refractivity contribution is -0.149. The number of nitrogens with zero attached hydrogens (tertiary/aromatic N) is 2. The number of fused-ring (bicyclic) bond motifs is 1. The van der Waals surface area contributed by atoms with Crippen molar-refractivity contribution in [2.24, 2.45) is 5.92 Å². The molecule has 0 spiro atoms. The molecule has 6 nitrogen and oxygen atoms in total. The van der Waals surface area contributed by atoms with Gasteiger partial charge in [0.05, 0.1) is 18.5 Å². The number of hydrogen-bond donors (Lipinski definition) is 0. The Balaban J connectivity index is 1.45. The Bertz CT molecular complexity index is 1090. The Hall–Kier alpha value is -3.48. The molecule has 0 radical (unpaired) electrons. The van der Waals surface area contributed by atoms with Gasteiger partial charge in [0, 0.05) is 41.9 Å². The normalized spacial score (nSPS) is 16.3. The molecular weight excluding hydrogens is 375 g/mol. The van der Waals surface area contributed by atoms with E-state index < -0.39 is 11.9 Å². The standard InChI is InChI=1S/C22H19FN2O4/c1-28-17-5-2-4-16(11-17)25-12-15(10-20(25)26)22(27)29-13-14-7-8-19(23)18-6-3-9-24-21(14)18/h2-9,11,15H,10,12-13H2,1H3. The molecule has 1 amide bonds. The lowest BCUT2D eigenvalue weighted by Gasteiger charge is -2.17. The molecule has 2 heterocycles. The highest BCUT2D eigenvalue weighted by molar-refractivity contribution is 5.99. The lowest BCUT2D eigenvalue weighted by atomic mass is 10.1. The van der Waals surface area contributed by atoms with Crippen molar-refractivity contribution in [2.45, 2.75) is 13.0 Å². The Morgan fingerprint density at radius 2 is 2.10 bits per heavy atom. The smallest absolute Gasteiger partial charge is 0.311 e. The van der Waals surface area contributed by atoms with Crippen molar-refractivity contribution in [2.75, 3.05) is 18.6 Å². The molecule has 1 aliphatic rings. The van der Waals surface area contributed by atoms with Gasteiger partial charge in [0.1, 0.15) is 18.2 Å². The maximum absolute atomic E-state index is 13.9. The summed E-state index contributed by atoms with van der Waals surface area (Å²) in [4.78, 5) is 30.7. The molecule has 1 unspecified atom stereocenters. The van der Waals surface area contributed by atoms with Crippen LogP contribution in [0, 0.1) is 11.7 Å². The van der Waals surface area contributed by atoms with E-state index in [1.807, 2.05) is 0 Å². The van der Waals surface area contributed by atoms with E-state index in [2.05, 4.69) is 4.98 Å². The van der Waals surface area contributed by atoms with Crippen molar-refractivity contribution in [3.05, 3.63) is 66.1 Å². The number of hydrogen-bond acceptors (Lipinski definition) is 5. The van der Waals surface area contributed by atoms with Crippen molar-refractivity contribution in [3.8, 4) is 5.75 Å². The molecule has 0 N–H and O–H groups in total. The summed E-state index contributed by atoms with van der Waals surface area (Å²) in [6, 6.07) is 13.3. The minimum Gasteiger partial charge on any atom is -0.497 e. The zero-order valence-electron chi connectivity index (χ0n) is 15.8. The maximum atomic E-state index is 13.9. The van der Waals surface area contributed by atoms with Gasteiger partial charge < -0.3 is 14.4 Å². The van der Waals surface area contributed by atoms with E-state index >= 15 is 0 Å². The number of rotatable bonds is 5. The molecule has 148 valence electrons. The summed E-state index contributed by atoms with van der Waals surface area (Å²) >= 11 is 0. The van der Waals surface area contributed by atoms with Gasteiger partial charge in [-0.05, 0) is 30.3 Å². The van der Waals surface area contributed by atoms with E-state index in [9.17, 15) is 14.0 Å². The summed E-state index contributed by atoms with van der Waals surface area (Å²) in [5.41, 5.74) is 1.75. The van der Waals surface area contributed by atoms with E-state index in [4.69, 9.17) is 9.47 Å². The second kappa shape index (κ2) is 7.87. The number of halogens is 1. The van der Waals surface area contributed by atoms with Gasteiger partial charge in [-0.25, -0.2) is 4.39 Å². The molecule has 0 aliphatic carbocycles. The van der Waals surface area contributed by atoms with Gasteiger partial charge in [-0.3, -0.25) is 14.6 Å². The molecule has 7 heteroatoms. The molecule has 1 aromatic heterocycles. The van der Waals surface area contributed by atoms with Gasteiger partial charge in [-0.1, -0.05) is 12.1 Å². The first-order chi connectivity index (χ1) is 14.1. The molecule has 2 aromatic carbocycles. The SMILES string of the molecule is COc1cccc(N2CC(C(=O)OCc3ccc(F)c4cccnc34)CC2=O)c1. The largest absolute Gasteiger partial charge is 0.497 e.